The van der Waals surface area contributed by atoms with Crippen LogP contribution < -0.4 is 9.62 Å². The molecule has 0 saturated heterocycles. The number of amides is 2. The zero-order valence-corrected chi connectivity index (χ0v) is 23.4. The molecule has 0 saturated carbocycles. The van der Waals surface area contributed by atoms with Gasteiger partial charge in [-0.15, -0.1) is 0 Å². The monoisotopic (exact) mass is 560 g/mol. The lowest BCUT2D eigenvalue weighted by atomic mass is 10.1. The summed E-state index contributed by atoms with van der Waals surface area (Å²) in [5, 5.41) is 3.48. The average Bonchev–Trinajstić information content (AvgIpc) is 2.75. The molecule has 2 aromatic carbocycles. The maximum absolute atomic E-state index is 14.7. The fraction of sp³-hybridized carbons (Fsp3) is 0.417. The van der Waals surface area contributed by atoms with Gasteiger partial charge in [-0.05, 0) is 57.5 Å². The van der Waals surface area contributed by atoms with Gasteiger partial charge in [0.2, 0.25) is 11.8 Å². The zero-order valence-electron chi connectivity index (χ0n) is 21.0. The lowest BCUT2D eigenvalue weighted by molar-refractivity contribution is -0.140. The summed E-state index contributed by atoms with van der Waals surface area (Å²) in [5.41, 5.74) is -0.376. The van der Waals surface area contributed by atoms with E-state index in [1.54, 1.807) is 32.9 Å². The highest BCUT2D eigenvalue weighted by Gasteiger charge is 2.34. The highest BCUT2D eigenvalue weighted by Crippen LogP contribution is 2.26. The molecule has 8 nitrogen and oxygen atoms in total. The third-order valence-corrected chi connectivity index (χ3v) is 7.55. The molecular weight excluding hydrogens is 530 g/mol. The van der Waals surface area contributed by atoms with Crippen LogP contribution in [0.25, 0.3) is 0 Å². The predicted octanol–water partition coefficient (Wildman–Crippen LogP) is 4.08. The number of carbonyl (C=O) groups excluding carboxylic acids is 2. The van der Waals surface area contributed by atoms with Crippen LogP contribution in [0.3, 0.4) is 0 Å². The predicted molar refractivity (Wildman–Crippen MR) is 141 cm³/mol. The first-order valence-electron chi connectivity index (χ1n) is 11.0. The van der Waals surface area contributed by atoms with E-state index in [9.17, 15) is 22.4 Å². The van der Waals surface area contributed by atoms with Crippen LogP contribution in [-0.4, -0.2) is 61.7 Å². The number of benzene rings is 2. The van der Waals surface area contributed by atoms with Crippen LogP contribution in [0.2, 0.25) is 10.0 Å². The Labute approximate surface area is 222 Å². The summed E-state index contributed by atoms with van der Waals surface area (Å²) in [6.07, 6.45) is 0. The molecule has 1 atom stereocenters. The van der Waals surface area contributed by atoms with Crippen LogP contribution in [0.15, 0.2) is 42.5 Å². The average molecular weight is 562 g/mol. The largest absolute Gasteiger partial charge is 0.350 e. The number of hydrogen-bond acceptors (Lipinski definition) is 4. The Kier molecular flexibility index (Phi) is 9.75. The molecule has 2 aromatic rings. The molecule has 0 fully saturated rings. The summed E-state index contributed by atoms with van der Waals surface area (Å²) in [6, 6.07) is 8.94. The van der Waals surface area contributed by atoms with Crippen molar-refractivity contribution in [3.63, 3.8) is 0 Å². The first-order chi connectivity index (χ1) is 16.5. The number of nitrogens with one attached hydrogen (secondary N) is 1. The van der Waals surface area contributed by atoms with Crippen LogP contribution in [-0.2, 0) is 26.3 Å². The van der Waals surface area contributed by atoms with E-state index in [1.165, 1.54) is 50.2 Å². The Morgan fingerprint density at radius 3 is 2.22 bits per heavy atom. The number of hydrogen-bond donors (Lipinski definition) is 1. The van der Waals surface area contributed by atoms with E-state index >= 15 is 0 Å². The van der Waals surface area contributed by atoms with Crippen molar-refractivity contribution in [2.24, 2.45) is 0 Å². The Balaban J connectivity index is 2.52. The van der Waals surface area contributed by atoms with E-state index in [2.05, 4.69) is 5.32 Å². The van der Waals surface area contributed by atoms with Gasteiger partial charge in [0, 0.05) is 36.2 Å². The van der Waals surface area contributed by atoms with Gasteiger partial charge in [-0.3, -0.25) is 9.59 Å². The molecule has 0 radical (unpaired) electrons. The van der Waals surface area contributed by atoms with Gasteiger partial charge in [0.25, 0.3) is 0 Å². The van der Waals surface area contributed by atoms with E-state index in [4.69, 9.17) is 23.2 Å². The molecule has 0 aliphatic carbocycles. The van der Waals surface area contributed by atoms with Gasteiger partial charge >= 0.3 is 10.2 Å². The maximum Gasteiger partial charge on any atom is 0.304 e. The van der Waals surface area contributed by atoms with E-state index in [0.717, 1.165) is 10.4 Å². The van der Waals surface area contributed by atoms with Crippen molar-refractivity contribution in [3.8, 4) is 0 Å². The van der Waals surface area contributed by atoms with Crippen molar-refractivity contribution in [3.05, 3.63) is 63.9 Å². The standard InChI is InChI=1S/C24H31Cl2FN4O4S/c1-16(23(33)28-24(2,3)4)30(14-17-11-12-18(25)13-19(17)26)22(32)15-31(36(34,35)29(5)6)21-10-8-7-9-20(21)27/h7-13,16H,14-15H2,1-6H3,(H,28,33)/t16-/m0/s1. The Bertz CT molecular complexity index is 1220. The third kappa shape index (κ3) is 7.55. The van der Waals surface area contributed by atoms with Crippen molar-refractivity contribution >= 4 is 50.9 Å². The maximum atomic E-state index is 14.7. The van der Waals surface area contributed by atoms with E-state index in [1.807, 2.05) is 0 Å². The van der Waals surface area contributed by atoms with Gasteiger partial charge in [0.15, 0.2) is 0 Å². The Morgan fingerprint density at radius 2 is 1.69 bits per heavy atom. The normalized spacial score (nSPS) is 12.8. The molecule has 2 rings (SSSR count). The fourth-order valence-electron chi connectivity index (χ4n) is 3.25. The summed E-state index contributed by atoms with van der Waals surface area (Å²) in [4.78, 5) is 27.8. The molecule has 0 heterocycles. The summed E-state index contributed by atoms with van der Waals surface area (Å²) in [7, 11) is -1.72. The van der Waals surface area contributed by atoms with Crippen LogP contribution in [0.4, 0.5) is 10.1 Å². The topological polar surface area (TPSA) is 90.0 Å². The lowest BCUT2D eigenvalue weighted by Crippen LogP contribution is -2.55. The summed E-state index contributed by atoms with van der Waals surface area (Å²) in [6.45, 7) is 6.05. The molecule has 0 aliphatic heterocycles. The number of anilines is 1. The molecule has 0 spiro atoms. The lowest BCUT2D eigenvalue weighted by Gasteiger charge is -2.34. The fourth-order valence-corrected chi connectivity index (χ4v) is 4.78. The number of carbonyl (C=O) groups is 2. The quantitative estimate of drug-likeness (QED) is 0.500. The van der Waals surface area contributed by atoms with Gasteiger partial charge in [-0.25, -0.2) is 8.70 Å². The van der Waals surface area contributed by atoms with Crippen LogP contribution in [0, 0.1) is 5.82 Å². The first kappa shape index (κ1) is 29.8. The van der Waals surface area contributed by atoms with E-state index in [0.29, 0.717) is 14.9 Å². The molecule has 12 heteroatoms. The van der Waals surface area contributed by atoms with Crippen molar-refractivity contribution in [1.82, 2.24) is 14.5 Å². The van der Waals surface area contributed by atoms with E-state index < -0.39 is 46.0 Å². The molecule has 0 unspecified atom stereocenters. The minimum atomic E-state index is -4.27. The highest BCUT2D eigenvalue weighted by atomic mass is 35.5. The second kappa shape index (κ2) is 11.8. The molecule has 198 valence electrons. The number of nitrogens with zero attached hydrogens (tertiary/aromatic N) is 3. The zero-order chi connectivity index (χ0) is 27.4. The Morgan fingerprint density at radius 1 is 1.08 bits per heavy atom. The smallest absolute Gasteiger partial charge is 0.304 e. The van der Waals surface area contributed by atoms with E-state index in [-0.39, 0.29) is 17.3 Å². The Hall–Kier alpha value is -2.40. The number of rotatable bonds is 9. The third-order valence-electron chi connectivity index (χ3n) is 5.16. The molecule has 1 N–H and O–H groups in total. The van der Waals surface area contributed by atoms with Crippen molar-refractivity contribution in [1.29, 1.82) is 0 Å². The molecule has 0 aliphatic rings. The second-order valence-corrected chi connectivity index (χ2v) is 12.3. The van der Waals surface area contributed by atoms with Crippen molar-refractivity contribution in [2.75, 3.05) is 24.9 Å². The van der Waals surface area contributed by atoms with Crippen LogP contribution in [0.1, 0.15) is 33.3 Å². The minimum absolute atomic E-state index is 0.110. The molecule has 36 heavy (non-hydrogen) atoms. The van der Waals surface area contributed by atoms with Gasteiger partial charge in [0.1, 0.15) is 18.4 Å². The minimum Gasteiger partial charge on any atom is -0.350 e. The van der Waals surface area contributed by atoms with Crippen molar-refractivity contribution in [2.45, 2.75) is 45.8 Å². The van der Waals surface area contributed by atoms with Gasteiger partial charge in [-0.2, -0.15) is 12.7 Å². The van der Waals surface area contributed by atoms with Crippen molar-refractivity contribution < 1.29 is 22.4 Å². The first-order valence-corrected chi connectivity index (χ1v) is 13.2. The SMILES string of the molecule is C[C@@H](C(=O)NC(C)(C)C)N(Cc1ccc(Cl)cc1Cl)C(=O)CN(c1ccccc1F)S(=O)(=O)N(C)C. The summed E-state index contributed by atoms with van der Waals surface area (Å²) >= 11 is 12.3. The summed E-state index contributed by atoms with van der Waals surface area (Å²) in [5.74, 6) is -2.00. The van der Waals surface area contributed by atoms with Crippen LogP contribution >= 0.6 is 23.2 Å². The molecular formula is C24H31Cl2FN4O4S. The molecule has 2 amide bonds. The summed E-state index contributed by atoms with van der Waals surface area (Å²) < 4.78 is 42.4. The van der Waals surface area contributed by atoms with Crippen LogP contribution in [0.5, 0.6) is 0 Å². The molecule has 0 aromatic heterocycles. The number of para-hydroxylation sites is 1. The second-order valence-electron chi connectivity index (χ2n) is 9.42. The highest BCUT2D eigenvalue weighted by molar-refractivity contribution is 7.90. The van der Waals surface area contributed by atoms with Gasteiger partial charge < -0.3 is 10.2 Å². The number of halogens is 3. The molecule has 0 bridgehead atoms. The van der Waals surface area contributed by atoms with Gasteiger partial charge in [-0.1, -0.05) is 41.4 Å². The van der Waals surface area contributed by atoms with Gasteiger partial charge in [0.05, 0.1) is 5.69 Å².